The molecule has 1 amide bonds. The van der Waals surface area contributed by atoms with Crippen molar-refractivity contribution in [3.05, 3.63) is 0 Å². The van der Waals surface area contributed by atoms with Crippen LogP contribution >= 0.6 is 0 Å². The van der Waals surface area contributed by atoms with Crippen LogP contribution in [0.15, 0.2) is 0 Å². The fourth-order valence-electron chi connectivity index (χ4n) is 1.32. The number of aliphatic hydroxyl groups is 1. The van der Waals surface area contributed by atoms with E-state index in [0.29, 0.717) is 6.54 Å². The van der Waals surface area contributed by atoms with Gasteiger partial charge in [-0.25, -0.2) is 4.79 Å². The van der Waals surface area contributed by atoms with Gasteiger partial charge in [-0.05, 0) is 12.8 Å². The highest BCUT2D eigenvalue weighted by Gasteiger charge is 2.29. The molecule has 1 rings (SSSR count). The molecule has 0 aliphatic carbocycles. The minimum atomic E-state index is -0.776. The van der Waals surface area contributed by atoms with Crippen molar-refractivity contribution < 1.29 is 20.0 Å². The summed E-state index contributed by atoms with van der Waals surface area (Å²) in [6, 6.07) is -0.186. The fraction of sp³-hybridized carbons (Fsp3) is 0.833. The van der Waals surface area contributed by atoms with Gasteiger partial charge in [0.1, 0.15) is 0 Å². The van der Waals surface area contributed by atoms with Gasteiger partial charge in [-0.3, -0.25) is 4.89 Å². The van der Waals surface area contributed by atoms with Crippen molar-refractivity contribution in [2.24, 2.45) is 0 Å². The predicted molar refractivity (Wildman–Crippen MR) is 35.9 cm³/mol. The number of carbonyl (C=O) groups is 1. The Morgan fingerprint density at radius 1 is 1.73 bits per heavy atom. The summed E-state index contributed by atoms with van der Waals surface area (Å²) >= 11 is 0. The standard InChI is InChI=1S/C6H11NO4/c8-4-5-2-1-3-7(5)6(9)11-10/h5,8,10H,1-4H2. The number of hydrogen-bond acceptors (Lipinski definition) is 4. The second-order valence-corrected chi connectivity index (χ2v) is 2.53. The SMILES string of the molecule is O=C(OO)N1CCCC1CO. The van der Waals surface area contributed by atoms with E-state index in [4.69, 9.17) is 10.4 Å². The minimum Gasteiger partial charge on any atom is -0.394 e. The van der Waals surface area contributed by atoms with Crippen molar-refractivity contribution >= 4 is 6.09 Å². The van der Waals surface area contributed by atoms with Gasteiger partial charge in [0.15, 0.2) is 0 Å². The Hall–Kier alpha value is -0.810. The number of amides is 1. The lowest BCUT2D eigenvalue weighted by Crippen LogP contribution is -2.37. The van der Waals surface area contributed by atoms with Gasteiger partial charge in [-0.1, -0.05) is 0 Å². The molecule has 1 heterocycles. The Labute approximate surface area is 64.1 Å². The van der Waals surface area contributed by atoms with Gasteiger partial charge >= 0.3 is 6.09 Å². The first-order valence-electron chi connectivity index (χ1n) is 3.52. The quantitative estimate of drug-likeness (QED) is 0.421. The smallest absolute Gasteiger partial charge is 0.394 e. The summed E-state index contributed by atoms with van der Waals surface area (Å²) < 4.78 is 0. The zero-order valence-corrected chi connectivity index (χ0v) is 6.06. The molecule has 5 heteroatoms. The number of nitrogens with zero attached hydrogens (tertiary/aromatic N) is 1. The molecule has 0 aromatic rings. The zero-order valence-electron chi connectivity index (χ0n) is 6.06. The lowest BCUT2D eigenvalue weighted by molar-refractivity contribution is -0.189. The summed E-state index contributed by atoms with van der Waals surface area (Å²) in [5.74, 6) is 0. The molecule has 11 heavy (non-hydrogen) atoms. The van der Waals surface area contributed by atoms with Crippen molar-refractivity contribution in [2.45, 2.75) is 18.9 Å². The van der Waals surface area contributed by atoms with Crippen LogP contribution in [0.5, 0.6) is 0 Å². The van der Waals surface area contributed by atoms with Gasteiger partial charge in [-0.2, -0.15) is 5.26 Å². The van der Waals surface area contributed by atoms with Crippen LogP contribution in [0.3, 0.4) is 0 Å². The monoisotopic (exact) mass is 161 g/mol. The van der Waals surface area contributed by atoms with Gasteiger partial charge in [0.25, 0.3) is 0 Å². The Bertz CT molecular complexity index is 150. The van der Waals surface area contributed by atoms with Crippen LogP contribution < -0.4 is 0 Å². The van der Waals surface area contributed by atoms with E-state index < -0.39 is 6.09 Å². The molecule has 0 radical (unpaired) electrons. The Morgan fingerprint density at radius 3 is 3.00 bits per heavy atom. The van der Waals surface area contributed by atoms with Crippen molar-refractivity contribution in [1.82, 2.24) is 4.90 Å². The fourth-order valence-corrected chi connectivity index (χ4v) is 1.32. The third kappa shape index (κ3) is 1.61. The summed E-state index contributed by atoms with van der Waals surface area (Å²) in [6.07, 6.45) is 0.841. The molecule has 1 aliphatic rings. The second kappa shape index (κ2) is 3.54. The number of hydrogen-bond donors (Lipinski definition) is 2. The topological polar surface area (TPSA) is 70.0 Å². The minimum absolute atomic E-state index is 0.0743. The van der Waals surface area contributed by atoms with Crippen molar-refractivity contribution in [3.63, 3.8) is 0 Å². The van der Waals surface area contributed by atoms with E-state index in [2.05, 4.69) is 4.89 Å². The highest BCUT2D eigenvalue weighted by molar-refractivity contribution is 5.67. The van der Waals surface area contributed by atoms with Gasteiger partial charge in [0.2, 0.25) is 0 Å². The summed E-state index contributed by atoms with van der Waals surface area (Å²) in [5, 5.41) is 16.8. The van der Waals surface area contributed by atoms with Gasteiger partial charge in [0, 0.05) is 6.54 Å². The van der Waals surface area contributed by atoms with Crippen LogP contribution in [0.1, 0.15) is 12.8 Å². The summed E-state index contributed by atoms with van der Waals surface area (Å²) in [7, 11) is 0. The molecule has 0 aromatic carbocycles. The van der Waals surface area contributed by atoms with Crippen LogP contribution in [0.4, 0.5) is 4.79 Å². The van der Waals surface area contributed by atoms with Gasteiger partial charge in [0.05, 0.1) is 12.6 Å². The molecule has 64 valence electrons. The number of likely N-dealkylation sites (tertiary alicyclic amines) is 1. The average Bonchev–Trinajstić information content (AvgIpc) is 2.50. The summed E-state index contributed by atoms with van der Waals surface area (Å²) in [6.45, 7) is 0.472. The third-order valence-electron chi connectivity index (χ3n) is 1.90. The molecule has 1 fully saturated rings. The first-order valence-corrected chi connectivity index (χ1v) is 3.52. The molecule has 0 saturated carbocycles. The normalized spacial score (nSPS) is 23.8. The van der Waals surface area contributed by atoms with Crippen LogP contribution in [0.25, 0.3) is 0 Å². The van der Waals surface area contributed by atoms with E-state index >= 15 is 0 Å². The van der Waals surface area contributed by atoms with Crippen molar-refractivity contribution in [3.8, 4) is 0 Å². The molecule has 0 aromatic heterocycles. The predicted octanol–water partition coefficient (Wildman–Crippen LogP) is 0.0527. The Balaban J connectivity index is 2.49. The first-order chi connectivity index (χ1) is 5.29. The van der Waals surface area contributed by atoms with E-state index in [9.17, 15) is 4.79 Å². The van der Waals surface area contributed by atoms with Gasteiger partial charge < -0.3 is 10.0 Å². The van der Waals surface area contributed by atoms with E-state index in [1.807, 2.05) is 0 Å². The average molecular weight is 161 g/mol. The number of rotatable bonds is 1. The summed E-state index contributed by atoms with van der Waals surface area (Å²) in [5.41, 5.74) is 0. The maximum absolute atomic E-state index is 10.7. The maximum Gasteiger partial charge on any atom is 0.441 e. The van der Waals surface area contributed by atoms with E-state index in [0.717, 1.165) is 12.8 Å². The van der Waals surface area contributed by atoms with E-state index in [1.165, 1.54) is 4.90 Å². The molecule has 2 N–H and O–H groups in total. The lowest BCUT2D eigenvalue weighted by atomic mass is 10.2. The maximum atomic E-state index is 10.7. The Kier molecular flexibility index (Phi) is 2.67. The molecule has 0 spiro atoms. The zero-order chi connectivity index (χ0) is 8.27. The largest absolute Gasteiger partial charge is 0.441 e. The molecule has 0 bridgehead atoms. The van der Waals surface area contributed by atoms with Crippen LogP contribution in [-0.4, -0.2) is 40.6 Å². The second-order valence-electron chi connectivity index (χ2n) is 2.53. The highest BCUT2D eigenvalue weighted by Crippen LogP contribution is 2.16. The number of carbonyl (C=O) groups excluding carboxylic acids is 1. The molecule has 1 unspecified atom stereocenters. The first kappa shape index (κ1) is 8.29. The van der Waals surface area contributed by atoms with E-state index in [-0.39, 0.29) is 12.6 Å². The van der Waals surface area contributed by atoms with Crippen LogP contribution in [-0.2, 0) is 4.89 Å². The van der Waals surface area contributed by atoms with Crippen molar-refractivity contribution in [2.75, 3.05) is 13.2 Å². The third-order valence-corrected chi connectivity index (χ3v) is 1.90. The lowest BCUT2D eigenvalue weighted by Gasteiger charge is -2.19. The Morgan fingerprint density at radius 2 is 2.45 bits per heavy atom. The summed E-state index contributed by atoms with van der Waals surface area (Å²) in [4.78, 5) is 15.6. The van der Waals surface area contributed by atoms with Crippen LogP contribution in [0, 0.1) is 0 Å². The molecule has 1 saturated heterocycles. The molecule has 1 aliphatic heterocycles. The van der Waals surface area contributed by atoms with Gasteiger partial charge in [-0.15, -0.1) is 0 Å². The highest BCUT2D eigenvalue weighted by atomic mass is 17.1. The molecule has 1 atom stereocenters. The molecular weight excluding hydrogens is 150 g/mol. The van der Waals surface area contributed by atoms with E-state index in [1.54, 1.807) is 0 Å². The molecular formula is C6H11NO4. The number of aliphatic hydroxyl groups excluding tert-OH is 1. The van der Waals surface area contributed by atoms with Crippen LogP contribution in [0.2, 0.25) is 0 Å². The van der Waals surface area contributed by atoms with Crippen molar-refractivity contribution in [1.29, 1.82) is 0 Å². The molecule has 5 nitrogen and oxygen atoms in total.